The lowest BCUT2D eigenvalue weighted by molar-refractivity contribution is 0.952. The van der Waals surface area contributed by atoms with Crippen molar-refractivity contribution in [3.8, 4) is 0 Å². The van der Waals surface area contributed by atoms with Gasteiger partial charge in [0.05, 0.1) is 5.37 Å². The van der Waals surface area contributed by atoms with Gasteiger partial charge in [0, 0.05) is 0 Å². The zero-order valence-electron chi connectivity index (χ0n) is 4.35. The topological polar surface area (TPSA) is 26.0 Å². The van der Waals surface area contributed by atoms with Gasteiger partial charge >= 0.3 is 0 Å². The predicted octanol–water partition coefficient (Wildman–Crippen LogP) is 1.31. The van der Waals surface area contributed by atoms with Crippen molar-refractivity contribution >= 4 is 11.8 Å². The molecular formula is C5H9NS. The van der Waals surface area contributed by atoms with E-state index in [0.717, 1.165) is 6.42 Å². The van der Waals surface area contributed by atoms with E-state index >= 15 is 0 Å². The molecule has 1 aliphatic rings. The van der Waals surface area contributed by atoms with Crippen molar-refractivity contribution in [2.45, 2.75) is 18.7 Å². The van der Waals surface area contributed by atoms with Crippen LogP contribution in [0.4, 0.5) is 0 Å². The van der Waals surface area contributed by atoms with Crippen LogP contribution in [0.25, 0.3) is 0 Å². The van der Waals surface area contributed by atoms with Crippen molar-refractivity contribution in [1.82, 2.24) is 0 Å². The molecule has 2 heteroatoms. The maximum Gasteiger partial charge on any atom is 0.0586 e. The standard InChI is InChI=1S/C5H9NS/c1-4-2-3-5(6)7-4/h2,5H,3,6H2,1H3. The van der Waals surface area contributed by atoms with Crippen molar-refractivity contribution in [3.05, 3.63) is 11.0 Å². The Balaban J connectivity index is 2.42. The van der Waals surface area contributed by atoms with E-state index in [2.05, 4.69) is 13.0 Å². The number of allylic oxidation sites excluding steroid dienone is 1. The van der Waals surface area contributed by atoms with E-state index < -0.39 is 0 Å². The monoisotopic (exact) mass is 115 g/mol. The minimum Gasteiger partial charge on any atom is -0.319 e. The van der Waals surface area contributed by atoms with Crippen molar-refractivity contribution in [1.29, 1.82) is 0 Å². The molecule has 0 aromatic carbocycles. The molecule has 1 nitrogen and oxygen atoms in total. The average molecular weight is 115 g/mol. The summed E-state index contributed by atoms with van der Waals surface area (Å²) < 4.78 is 0. The zero-order valence-corrected chi connectivity index (χ0v) is 5.16. The fourth-order valence-electron chi connectivity index (χ4n) is 0.617. The number of rotatable bonds is 0. The molecule has 0 saturated heterocycles. The van der Waals surface area contributed by atoms with Crippen LogP contribution in [0.15, 0.2) is 11.0 Å². The van der Waals surface area contributed by atoms with Crippen LogP contribution >= 0.6 is 11.8 Å². The molecular weight excluding hydrogens is 106 g/mol. The lowest BCUT2D eigenvalue weighted by Crippen LogP contribution is -2.09. The largest absolute Gasteiger partial charge is 0.319 e. The molecule has 0 aliphatic carbocycles. The second-order valence-corrected chi connectivity index (χ2v) is 3.19. The van der Waals surface area contributed by atoms with Crippen LogP contribution in [0, 0.1) is 0 Å². The first-order valence-electron chi connectivity index (χ1n) is 2.38. The summed E-state index contributed by atoms with van der Waals surface area (Å²) in [5, 5.41) is 0.347. The van der Waals surface area contributed by atoms with Gasteiger partial charge in [-0.2, -0.15) is 0 Å². The zero-order chi connectivity index (χ0) is 5.28. The molecule has 2 N–H and O–H groups in total. The van der Waals surface area contributed by atoms with Gasteiger partial charge in [0.15, 0.2) is 0 Å². The summed E-state index contributed by atoms with van der Waals surface area (Å²) in [6.07, 6.45) is 3.23. The first kappa shape index (κ1) is 5.19. The Morgan fingerprint density at radius 2 is 2.71 bits per heavy atom. The summed E-state index contributed by atoms with van der Waals surface area (Å²) in [6.45, 7) is 2.09. The van der Waals surface area contributed by atoms with Gasteiger partial charge in [-0.3, -0.25) is 0 Å². The molecule has 0 amide bonds. The maximum absolute atomic E-state index is 5.54. The van der Waals surface area contributed by atoms with Crippen molar-refractivity contribution in [2.24, 2.45) is 5.73 Å². The van der Waals surface area contributed by atoms with E-state index in [1.807, 2.05) is 0 Å². The Kier molecular flexibility index (Phi) is 1.40. The minimum absolute atomic E-state index is 0.347. The van der Waals surface area contributed by atoms with Crippen molar-refractivity contribution in [2.75, 3.05) is 0 Å². The predicted molar refractivity (Wildman–Crippen MR) is 33.9 cm³/mol. The molecule has 0 radical (unpaired) electrons. The molecule has 1 rings (SSSR count). The highest BCUT2D eigenvalue weighted by atomic mass is 32.2. The van der Waals surface area contributed by atoms with Crippen LogP contribution in [-0.2, 0) is 0 Å². The molecule has 1 aliphatic heterocycles. The highest BCUT2D eigenvalue weighted by molar-refractivity contribution is 8.03. The van der Waals surface area contributed by atoms with E-state index in [0.29, 0.717) is 5.37 Å². The highest BCUT2D eigenvalue weighted by Crippen LogP contribution is 2.27. The summed E-state index contributed by atoms with van der Waals surface area (Å²) >= 11 is 1.76. The van der Waals surface area contributed by atoms with Crippen LogP contribution in [0.2, 0.25) is 0 Å². The molecule has 0 fully saturated rings. The third kappa shape index (κ3) is 1.21. The summed E-state index contributed by atoms with van der Waals surface area (Å²) in [5.74, 6) is 0. The van der Waals surface area contributed by atoms with Crippen LogP contribution in [0.5, 0.6) is 0 Å². The van der Waals surface area contributed by atoms with Crippen molar-refractivity contribution < 1.29 is 0 Å². The first-order valence-corrected chi connectivity index (χ1v) is 3.26. The van der Waals surface area contributed by atoms with Gasteiger partial charge in [-0.25, -0.2) is 0 Å². The van der Waals surface area contributed by atoms with Gasteiger partial charge in [0.1, 0.15) is 0 Å². The number of hydrogen-bond donors (Lipinski definition) is 1. The molecule has 7 heavy (non-hydrogen) atoms. The summed E-state index contributed by atoms with van der Waals surface area (Å²) in [4.78, 5) is 1.37. The van der Waals surface area contributed by atoms with E-state index in [-0.39, 0.29) is 0 Å². The average Bonchev–Trinajstić information content (AvgIpc) is 1.87. The number of nitrogens with two attached hydrogens (primary N) is 1. The van der Waals surface area contributed by atoms with E-state index in [1.165, 1.54) is 4.91 Å². The molecule has 0 saturated carbocycles. The smallest absolute Gasteiger partial charge is 0.0586 e. The van der Waals surface area contributed by atoms with E-state index in [9.17, 15) is 0 Å². The lowest BCUT2D eigenvalue weighted by Gasteiger charge is -1.95. The molecule has 1 atom stereocenters. The van der Waals surface area contributed by atoms with Gasteiger partial charge in [-0.05, 0) is 18.2 Å². The number of hydrogen-bond acceptors (Lipinski definition) is 2. The van der Waals surface area contributed by atoms with E-state index in [1.54, 1.807) is 11.8 Å². The third-order valence-corrected chi connectivity index (χ3v) is 2.01. The first-order chi connectivity index (χ1) is 3.29. The third-order valence-electron chi connectivity index (χ3n) is 0.975. The van der Waals surface area contributed by atoms with Gasteiger partial charge in [0.25, 0.3) is 0 Å². The maximum atomic E-state index is 5.54. The molecule has 0 bridgehead atoms. The number of thioether (sulfide) groups is 1. The second-order valence-electron chi connectivity index (χ2n) is 1.71. The molecule has 0 aromatic heterocycles. The fraction of sp³-hybridized carbons (Fsp3) is 0.600. The van der Waals surface area contributed by atoms with Gasteiger partial charge in [-0.1, -0.05) is 6.08 Å². The quantitative estimate of drug-likeness (QED) is 0.515. The highest BCUT2D eigenvalue weighted by Gasteiger charge is 2.07. The van der Waals surface area contributed by atoms with Crippen LogP contribution in [0.3, 0.4) is 0 Å². The van der Waals surface area contributed by atoms with Crippen LogP contribution < -0.4 is 5.73 Å². The normalized spacial score (nSPS) is 30.6. The van der Waals surface area contributed by atoms with Gasteiger partial charge < -0.3 is 5.73 Å². The molecule has 1 heterocycles. The van der Waals surface area contributed by atoms with Crippen LogP contribution in [-0.4, -0.2) is 5.37 Å². The summed E-state index contributed by atoms with van der Waals surface area (Å²) in [5.41, 5.74) is 5.54. The fourth-order valence-corrected chi connectivity index (χ4v) is 1.48. The van der Waals surface area contributed by atoms with Crippen molar-refractivity contribution in [3.63, 3.8) is 0 Å². The molecule has 1 unspecified atom stereocenters. The molecule has 0 aromatic rings. The van der Waals surface area contributed by atoms with Gasteiger partial charge in [-0.15, -0.1) is 11.8 Å². The molecule has 40 valence electrons. The lowest BCUT2D eigenvalue weighted by atomic mass is 10.4. The SMILES string of the molecule is CC1=CCC(N)S1. The Hall–Kier alpha value is 0.0500. The summed E-state index contributed by atoms with van der Waals surface area (Å²) in [6, 6.07) is 0. The Bertz CT molecular complexity index is 98.3. The van der Waals surface area contributed by atoms with Gasteiger partial charge in [0.2, 0.25) is 0 Å². The Morgan fingerprint density at radius 1 is 2.00 bits per heavy atom. The minimum atomic E-state index is 0.347. The second kappa shape index (κ2) is 1.88. The van der Waals surface area contributed by atoms with E-state index in [4.69, 9.17) is 5.73 Å². The van der Waals surface area contributed by atoms with Crippen LogP contribution in [0.1, 0.15) is 13.3 Å². The Labute approximate surface area is 48.0 Å². The Morgan fingerprint density at radius 3 is 2.86 bits per heavy atom. The summed E-state index contributed by atoms with van der Waals surface area (Å²) in [7, 11) is 0. The molecule has 0 spiro atoms.